The lowest BCUT2D eigenvalue weighted by molar-refractivity contribution is 0.393. The average Bonchev–Trinajstić information content (AvgIpc) is 2.17. The van der Waals surface area contributed by atoms with Crippen LogP contribution in [0.2, 0.25) is 0 Å². The van der Waals surface area contributed by atoms with E-state index in [-0.39, 0.29) is 0 Å². The predicted octanol–water partition coefficient (Wildman–Crippen LogP) is 1.85. The maximum Gasteiger partial charge on any atom is 0.133 e. The Hall–Kier alpha value is -0.440. The minimum atomic E-state index is 0.888. The van der Waals surface area contributed by atoms with Crippen LogP contribution >= 0.6 is 11.8 Å². The summed E-state index contributed by atoms with van der Waals surface area (Å²) < 4.78 is 4.85. The van der Waals surface area contributed by atoms with E-state index in [1.165, 1.54) is 0 Å². The minimum Gasteiger partial charge on any atom is -0.361 e. The summed E-state index contributed by atoms with van der Waals surface area (Å²) in [6, 6.07) is 1.95. The lowest BCUT2D eigenvalue weighted by Gasteiger charge is -1.83. The molecule has 0 bridgehead atoms. The number of thioether (sulfide) groups is 1. The lowest BCUT2D eigenvalue weighted by atomic mass is 10.4. The normalized spacial score (nSPS) is 10.0. The Morgan fingerprint density at radius 1 is 1.78 bits per heavy atom. The molecule has 0 aromatic carbocycles. The molecule has 0 saturated carbocycles. The van der Waals surface area contributed by atoms with Gasteiger partial charge in [0.2, 0.25) is 0 Å². The fraction of sp³-hybridized carbons (Fsp3) is 0.500. The second kappa shape index (κ2) is 2.92. The maximum absolute atomic E-state index is 4.85. The molecule has 9 heavy (non-hydrogen) atoms. The van der Waals surface area contributed by atoms with E-state index in [9.17, 15) is 0 Å². The van der Waals surface area contributed by atoms with Crippen LogP contribution in [0.25, 0.3) is 0 Å². The first-order chi connectivity index (χ1) is 4.33. The van der Waals surface area contributed by atoms with Crippen LogP contribution < -0.4 is 0 Å². The first kappa shape index (κ1) is 6.68. The van der Waals surface area contributed by atoms with Crippen LogP contribution in [0.1, 0.15) is 11.5 Å². The van der Waals surface area contributed by atoms with Crippen molar-refractivity contribution in [1.29, 1.82) is 0 Å². The van der Waals surface area contributed by atoms with Crippen molar-refractivity contribution in [3.05, 3.63) is 17.5 Å². The zero-order valence-corrected chi connectivity index (χ0v) is 6.36. The van der Waals surface area contributed by atoms with Gasteiger partial charge in [-0.3, -0.25) is 0 Å². The van der Waals surface area contributed by atoms with Gasteiger partial charge in [0.05, 0.1) is 5.69 Å². The molecule has 0 N–H and O–H groups in total. The van der Waals surface area contributed by atoms with Crippen molar-refractivity contribution in [2.75, 3.05) is 6.26 Å². The average molecular weight is 143 g/mol. The summed E-state index contributed by atoms with van der Waals surface area (Å²) in [5.74, 6) is 1.83. The third-order valence-corrected chi connectivity index (χ3v) is 1.55. The number of hydrogen-bond donors (Lipinski definition) is 0. The van der Waals surface area contributed by atoms with Crippen LogP contribution in [0.3, 0.4) is 0 Å². The Bertz CT molecular complexity index is 185. The number of hydrogen-bond acceptors (Lipinski definition) is 3. The number of nitrogens with zero attached hydrogens (tertiary/aromatic N) is 1. The molecule has 0 amide bonds. The van der Waals surface area contributed by atoms with Crippen LogP contribution in [0.5, 0.6) is 0 Å². The van der Waals surface area contributed by atoms with Crippen molar-refractivity contribution in [1.82, 2.24) is 5.16 Å². The van der Waals surface area contributed by atoms with E-state index >= 15 is 0 Å². The van der Waals surface area contributed by atoms with Crippen molar-refractivity contribution in [3.8, 4) is 0 Å². The lowest BCUT2D eigenvalue weighted by Crippen LogP contribution is -1.74. The standard InChI is InChI=1S/C6H9NOS/c1-5-3-6(4-9-2)7-8-5/h3H,4H2,1-2H3. The van der Waals surface area contributed by atoms with E-state index in [4.69, 9.17) is 4.52 Å². The topological polar surface area (TPSA) is 26.0 Å². The van der Waals surface area contributed by atoms with E-state index in [0.717, 1.165) is 17.2 Å². The largest absolute Gasteiger partial charge is 0.361 e. The first-order valence-electron chi connectivity index (χ1n) is 2.74. The van der Waals surface area contributed by atoms with Crippen LogP contribution in [-0.4, -0.2) is 11.4 Å². The monoisotopic (exact) mass is 143 g/mol. The molecule has 1 heterocycles. The minimum absolute atomic E-state index is 0.888. The Morgan fingerprint density at radius 2 is 2.56 bits per heavy atom. The third-order valence-electron chi connectivity index (χ3n) is 0.969. The molecule has 2 nitrogen and oxygen atoms in total. The van der Waals surface area contributed by atoms with Crippen molar-refractivity contribution < 1.29 is 4.52 Å². The molecule has 3 heteroatoms. The second-order valence-corrected chi connectivity index (χ2v) is 2.73. The van der Waals surface area contributed by atoms with Crippen LogP contribution in [0.15, 0.2) is 10.6 Å². The zero-order valence-electron chi connectivity index (χ0n) is 5.55. The first-order valence-corrected chi connectivity index (χ1v) is 4.13. The molecule has 1 rings (SSSR count). The summed E-state index contributed by atoms with van der Waals surface area (Å²) in [5, 5.41) is 3.81. The van der Waals surface area contributed by atoms with Crippen LogP contribution in [0, 0.1) is 6.92 Å². The van der Waals surface area contributed by atoms with E-state index in [0.29, 0.717) is 0 Å². The van der Waals surface area contributed by atoms with Gasteiger partial charge in [0.25, 0.3) is 0 Å². The van der Waals surface area contributed by atoms with Gasteiger partial charge in [0.1, 0.15) is 5.76 Å². The van der Waals surface area contributed by atoms with Crippen molar-refractivity contribution in [3.63, 3.8) is 0 Å². The third kappa shape index (κ3) is 1.75. The van der Waals surface area contributed by atoms with Gasteiger partial charge in [0, 0.05) is 11.8 Å². The summed E-state index contributed by atoms with van der Waals surface area (Å²) in [5.41, 5.74) is 1.03. The molecular formula is C6H9NOS. The van der Waals surface area contributed by atoms with E-state index in [2.05, 4.69) is 5.16 Å². The molecule has 0 aliphatic carbocycles. The molecule has 0 spiro atoms. The molecule has 0 aliphatic rings. The molecule has 1 aromatic rings. The fourth-order valence-electron chi connectivity index (χ4n) is 0.634. The Kier molecular flexibility index (Phi) is 2.16. The highest BCUT2D eigenvalue weighted by Crippen LogP contribution is 2.07. The highest BCUT2D eigenvalue weighted by molar-refractivity contribution is 7.97. The molecule has 1 aromatic heterocycles. The molecule has 50 valence electrons. The van der Waals surface area contributed by atoms with Crippen LogP contribution in [0.4, 0.5) is 0 Å². The quantitative estimate of drug-likeness (QED) is 0.632. The van der Waals surface area contributed by atoms with Gasteiger partial charge < -0.3 is 4.52 Å². The number of aromatic nitrogens is 1. The molecule has 0 atom stereocenters. The van der Waals surface area contributed by atoms with Crippen molar-refractivity contribution in [2.45, 2.75) is 12.7 Å². The van der Waals surface area contributed by atoms with E-state index < -0.39 is 0 Å². The SMILES string of the molecule is CSCc1cc(C)on1. The van der Waals surface area contributed by atoms with Gasteiger partial charge in [-0.2, -0.15) is 11.8 Å². The Balaban J connectivity index is 2.61. The van der Waals surface area contributed by atoms with Crippen LogP contribution in [-0.2, 0) is 5.75 Å². The van der Waals surface area contributed by atoms with E-state index in [1.807, 2.05) is 19.2 Å². The van der Waals surface area contributed by atoms with Gasteiger partial charge in [-0.15, -0.1) is 0 Å². The predicted molar refractivity (Wildman–Crippen MR) is 38.5 cm³/mol. The molecular weight excluding hydrogens is 134 g/mol. The highest BCUT2D eigenvalue weighted by Gasteiger charge is 1.96. The summed E-state index contributed by atoms with van der Waals surface area (Å²) in [6.45, 7) is 1.90. The van der Waals surface area contributed by atoms with E-state index in [1.54, 1.807) is 11.8 Å². The Labute approximate surface area is 58.6 Å². The fourth-order valence-corrected chi connectivity index (χ4v) is 1.07. The highest BCUT2D eigenvalue weighted by atomic mass is 32.2. The van der Waals surface area contributed by atoms with Gasteiger partial charge >= 0.3 is 0 Å². The summed E-state index contributed by atoms with van der Waals surface area (Å²) >= 11 is 1.75. The summed E-state index contributed by atoms with van der Waals surface area (Å²) in [7, 11) is 0. The summed E-state index contributed by atoms with van der Waals surface area (Å²) in [6.07, 6.45) is 2.05. The summed E-state index contributed by atoms with van der Waals surface area (Å²) in [4.78, 5) is 0. The van der Waals surface area contributed by atoms with Gasteiger partial charge in [-0.25, -0.2) is 0 Å². The Morgan fingerprint density at radius 3 is 3.00 bits per heavy atom. The molecule has 0 unspecified atom stereocenters. The maximum atomic E-state index is 4.85. The molecule has 0 aliphatic heterocycles. The number of aryl methyl sites for hydroxylation is 1. The smallest absolute Gasteiger partial charge is 0.133 e. The molecule has 0 saturated heterocycles. The molecule has 0 fully saturated rings. The second-order valence-electron chi connectivity index (χ2n) is 1.86. The zero-order chi connectivity index (χ0) is 6.69. The van der Waals surface area contributed by atoms with Gasteiger partial charge in [-0.05, 0) is 13.2 Å². The molecule has 0 radical (unpaired) electrons. The number of rotatable bonds is 2. The van der Waals surface area contributed by atoms with Gasteiger partial charge in [0.15, 0.2) is 0 Å². The van der Waals surface area contributed by atoms with Crippen molar-refractivity contribution >= 4 is 11.8 Å². The van der Waals surface area contributed by atoms with Gasteiger partial charge in [-0.1, -0.05) is 5.16 Å². The van der Waals surface area contributed by atoms with Crippen molar-refractivity contribution in [2.24, 2.45) is 0 Å².